The molecule has 0 aromatic carbocycles. The van der Waals surface area contributed by atoms with Crippen LogP contribution in [0.25, 0.3) is 0 Å². The molecular weight excluding hydrogens is 150 g/mol. The summed E-state index contributed by atoms with van der Waals surface area (Å²) in [4.78, 5) is 6.33. The van der Waals surface area contributed by atoms with Crippen LogP contribution >= 0.6 is 0 Å². The van der Waals surface area contributed by atoms with Gasteiger partial charge in [-0.3, -0.25) is 0 Å². The molecule has 3 heteroatoms. The maximum absolute atomic E-state index is 4.10. The second kappa shape index (κ2) is 4.10. The van der Waals surface area contributed by atoms with Gasteiger partial charge >= 0.3 is 0 Å². The van der Waals surface area contributed by atoms with Crippen LogP contribution in [0.4, 0.5) is 0 Å². The molecule has 0 unspecified atom stereocenters. The third-order valence-corrected chi connectivity index (χ3v) is 2.03. The van der Waals surface area contributed by atoms with E-state index in [0.717, 1.165) is 25.2 Å². The Morgan fingerprint density at radius 3 is 3.00 bits per heavy atom. The molecule has 0 fully saturated rings. The topological polar surface area (TPSA) is 27.6 Å². The predicted molar refractivity (Wildman–Crippen MR) is 51.3 cm³/mol. The highest BCUT2D eigenvalue weighted by Gasteiger charge is 2.13. The van der Waals surface area contributed by atoms with E-state index in [0.29, 0.717) is 0 Å². The molecule has 1 N–H and O–H groups in total. The van der Waals surface area contributed by atoms with E-state index in [1.807, 2.05) is 7.05 Å². The van der Waals surface area contributed by atoms with Gasteiger partial charge in [0.15, 0.2) is 0 Å². The van der Waals surface area contributed by atoms with Crippen LogP contribution in [0.2, 0.25) is 0 Å². The van der Waals surface area contributed by atoms with Crippen LogP contribution in [0.5, 0.6) is 0 Å². The molecule has 0 aromatic heterocycles. The lowest BCUT2D eigenvalue weighted by Gasteiger charge is -2.24. The molecule has 0 saturated heterocycles. The fraction of sp³-hybridized carbons (Fsp3) is 0.556. The summed E-state index contributed by atoms with van der Waals surface area (Å²) < 4.78 is 0. The third-order valence-electron chi connectivity index (χ3n) is 2.03. The van der Waals surface area contributed by atoms with Crippen LogP contribution in [0, 0.1) is 0 Å². The van der Waals surface area contributed by atoms with Crippen LogP contribution in [-0.2, 0) is 0 Å². The minimum Gasteiger partial charge on any atom is -0.390 e. The minimum absolute atomic E-state index is 0.888. The minimum atomic E-state index is 0.888. The summed E-state index contributed by atoms with van der Waals surface area (Å²) in [5.74, 6) is 2.57. The smallest absolute Gasteiger partial charge is 0.0832 e. The van der Waals surface area contributed by atoms with Gasteiger partial charge in [-0.1, -0.05) is 0 Å². The van der Waals surface area contributed by atoms with E-state index in [2.05, 4.69) is 34.7 Å². The maximum atomic E-state index is 4.10. The Balaban J connectivity index is 2.83. The number of hydrogen-bond donors (Lipinski definition) is 1. The van der Waals surface area contributed by atoms with Gasteiger partial charge in [-0.05, 0) is 19.5 Å². The largest absolute Gasteiger partial charge is 0.390 e. The average Bonchev–Trinajstić information content (AvgIpc) is 2.05. The normalized spacial score (nSPS) is 18.8. The van der Waals surface area contributed by atoms with E-state index in [9.17, 15) is 0 Å². The molecule has 0 spiro atoms. The Hall–Kier alpha value is -1.05. The molecule has 0 saturated carbocycles. The third kappa shape index (κ3) is 1.97. The first-order chi connectivity index (χ1) is 5.77. The molecule has 3 nitrogen and oxygen atoms in total. The first kappa shape index (κ1) is 9.04. The van der Waals surface area contributed by atoms with E-state index in [-0.39, 0.29) is 0 Å². The van der Waals surface area contributed by atoms with Crippen LogP contribution in [-0.4, -0.2) is 38.0 Å². The number of nitrogens with one attached hydrogen (secondary N) is 1. The standard InChI is InChI=1S/C9H15N3/c1-4-11-9-7-12(3)6-5-8(9)10-2/h10H,1,5-7H2,2-3H3. The summed E-state index contributed by atoms with van der Waals surface area (Å²) in [6.45, 7) is 5.45. The van der Waals surface area contributed by atoms with Crippen molar-refractivity contribution in [3.05, 3.63) is 18.0 Å². The zero-order valence-corrected chi connectivity index (χ0v) is 7.72. The Bertz CT molecular complexity index is 236. The summed E-state index contributed by atoms with van der Waals surface area (Å²) in [6, 6.07) is 0. The molecule has 1 aliphatic heterocycles. The van der Waals surface area contributed by atoms with E-state index < -0.39 is 0 Å². The Labute approximate surface area is 73.5 Å². The van der Waals surface area contributed by atoms with Gasteiger partial charge in [0.1, 0.15) is 0 Å². The Morgan fingerprint density at radius 2 is 2.42 bits per heavy atom. The van der Waals surface area contributed by atoms with E-state index in [1.54, 1.807) is 0 Å². The molecule has 66 valence electrons. The quantitative estimate of drug-likeness (QED) is 0.607. The van der Waals surface area contributed by atoms with Crippen molar-refractivity contribution in [3.8, 4) is 0 Å². The van der Waals surface area contributed by atoms with Crippen molar-refractivity contribution < 1.29 is 0 Å². The second-order valence-electron chi connectivity index (χ2n) is 2.93. The molecule has 0 aromatic rings. The molecule has 1 aliphatic rings. The van der Waals surface area contributed by atoms with Crippen molar-refractivity contribution in [2.45, 2.75) is 6.42 Å². The number of hydrogen-bond acceptors (Lipinski definition) is 3. The first-order valence-electron chi connectivity index (χ1n) is 4.09. The second-order valence-corrected chi connectivity index (χ2v) is 2.93. The number of aliphatic imine (C=N–C) groups is 1. The van der Waals surface area contributed by atoms with E-state index >= 15 is 0 Å². The van der Waals surface area contributed by atoms with E-state index in [1.165, 1.54) is 5.70 Å². The lowest BCUT2D eigenvalue weighted by Crippen LogP contribution is -2.30. The van der Waals surface area contributed by atoms with Crippen LogP contribution in [0.15, 0.2) is 23.0 Å². The predicted octanol–water partition coefficient (Wildman–Crippen LogP) is 0.609. The highest BCUT2D eigenvalue weighted by Crippen LogP contribution is 2.14. The molecule has 0 bridgehead atoms. The fourth-order valence-corrected chi connectivity index (χ4v) is 1.34. The van der Waals surface area contributed by atoms with Gasteiger partial charge in [-0.25, -0.2) is 4.99 Å². The van der Waals surface area contributed by atoms with Gasteiger partial charge in [0.05, 0.1) is 5.70 Å². The van der Waals surface area contributed by atoms with Crippen molar-refractivity contribution in [1.82, 2.24) is 10.2 Å². The lowest BCUT2D eigenvalue weighted by atomic mass is 10.1. The van der Waals surface area contributed by atoms with E-state index in [4.69, 9.17) is 0 Å². The highest BCUT2D eigenvalue weighted by atomic mass is 15.1. The molecule has 0 atom stereocenters. The van der Waals surface area contributed by atoms with Gasteiger partial charge in [0, 0.05) is 32.3 Å². The number of likely N-dealkylation sites (N-methyl/N-ethyl adjacent to an activating group) is 1. The zero-order chi connectivity index (χ0) is 8.97. The van der Waals surface area contributed by atoms with Crippen molar-refractivity contribution >= 4 is 5.87 Å². The molecular formula is C9H15N3. The summed E-state index contributed by atoms with van der Waals surface area (Å²) in [7, 11) is 4.02. The molecule has 0 radical (unpaired) electrons. The average molecular weight is 165 g/mol. The summed E-state index contributed by atoms with van der Waals surface area (Å²) in [5, 5.41) is 3.15. The van der Waals surface area contributed by atoms with Crippen molar-refractivity contribution in [2.75, 3.05) is 27.2 Å². The van der Waals surface area contributed by atoms with Crippen molar-refractivity contribution in [1.29, 1.82) is 0 Å². The fourth-order valence-electron chi connectivity index (χ4n) is 1.34. The molecule has 1 rings (SSSR count). The van der Waals surface area contributed by atoms with Crippen molar-refractivity contribution in [3.63, 3.8) is 0 Å². The molecule has 0 aliphatic carbocycles. The molecule has 1 heterocycles. The lowest BCUT2D eigenvalue weighted by molar-refractivity contribution is 0.341. The monoisotopic (exact) mass is 165 g/mol. The van der Waals surface area contributed by atoms with Crippen LogP contribution in [0.3, 0.4) is 0 Å². The number of nitrogens with zero attached hydrogens (tertiary/aromatic N) is 2. The first-order valence-corrected chi connectivity index (χ1v) is 4.09. The van der Waals surface area contributed by atoms with Gasteiger partial charge in [0.25, 0.3) is 0 Å². The number of rotatable bonds is 2. The van der Waals surface area contributed by atoms with Gasteiger partial charge in [-0.15, -0.1) is 0 Å². The Morgan fingerprint density at radius 1 is 1.67 bits per heavy atom. The van der Waals surface area contributed by atoms with Crippen LogP contribution < -0.4 is 5.32 Å². The van der Waals surface area contributed by atoms with Crippen molar-refractivity contribution in [2.24, 2.45) is 4.99 Å². The highest BCUT2D eigenvalue weighted by molar-refractivity contribution is 5.49. The van der Waals surface area contributed by atoms with Gasteiger partial charge in [-0.2, -0.15) is 0 Å². The molecule has 0 amide bonds. The zero-order valence-electron chi connectivity index (χ0n) is 7.72. The summed E-state index contributed by atoms with van der Waals surface area (Å²) >= 11 is 0. The summed E-state index contributed by atoms with van der Waals surface area (Å²) in [6.07, 6.45) is 1.04. The van der Waals surface area contributed by atoms with Gasteiger partial charge < -0.3 is 10.2 Å². The maximum Gasteiger partial charge on any atom is 0.0832 e. The Kier molecular flexibility index (Phi) is 3.09. The van der Waals surface area contributed by atoms with Gasteiger partial charge in [0.2, 0.25) is 0 Å². The molecule has 12 heavy (non-hydrogen) atoms. The SMILES string of the molecule is C=C=NC1=C(NC)CCN(C)C1. The van der Waals surface area contributed by atoms with Crippen LogP contribution in [0.1, 0.15) is 6.42 Å². The summed E-state index contributed by atoms with van der Waals surface area (Å²) in [5.41, 5.74) is 2.27.